The molecule has 7 heteroatoms. The molecule has 0 aliphatic heterocycles. The van der Waals surface area contributed by atoms with E-state index in [1.54, 1.807) is 4.68 Å². The van der Waals surface area contributed by atoms with Gasteiger partial charge < -0.3 is 11.1 Å². The van der Waals surface area contributed by atoms with Crippen LogP contribution < -0.4 is 11.1 Å². The normalized spacial score (nSPS) is 10.9. The summed E-state index contributed by atoms with van der Waals surface area (Å²) < 4.78 is 1.74. The first-order valence-electron chi connectivity index (χ1n) is 11.1. The van der Waals surface area contributed by atoms with Gasteiger partial charge in [0.25, 0.3) is 0 Å². The number of aromatic nitrogens is 4. The number of para-hydroxylation sites is 1. The Morgan fingerprint density at radius 1 is 0.882 bits per heavy atom. The molecule has 7 nitrogen and oxygen atoms in total. The van der Waals surface area contributed by atoms with Crippen molar-refractivity contribution in [2.75, 3.05) is 11.1 Å². The molecule has 168 valence electrons. The molecule has 0 bridgehead atoms. The van der Waals surface area contributed by atoms with Gasteiger partial charge in [-0.15, -0.1) is 5.10 Å². The van der Waals surface area contributed by atoms with Crippen molar-refractivity contribution in [1.29, 1.82) is 0 Å². The van der Waals surface area contributed by atoms with Crippen LogP contribution in [0.1, 0.15) is 17.8 Å². The first-order valence-corrected chi connectivity index (χ1v) is 11.1. The van der Waals surface area contributed by atoms with E-state index in [4.69, 9.17) is 5.73 Å². The van der Waals surface area contributed by atoms with Crippen molar-refractivity contribution in [2.45, 2.75) is 19.4 Å². The Hall–Kier alpha value is -4.52. The largest absolute Gasteiger partial charge is 0.397 e. The molecule has 3 aromatic carbocycles. The first-order chi connectivity index (χ1) is 16.6. The van der Waals surface area contributed by atoms with Crippen LogP contribution in [0.15, 0.2) is 91.1 Å². The molecule has 34 heavy (non-hydrogen) atoms. The van der Waals surface area contributed by atoms with Crippen molar-refractivity contribution >= 4 is 28.2 Å². The Balaban J connectivity index is 1.19. The molecule has 5 rings (SSSR count). The van der Waals surface area contributed by atoms with E-state index in [1.807, 2.05) is 85.1 Å². The van der Waals surface area contributed by atoms with Crippen LogP contribution in [0, 0.1) is 0 Å². The number of nitrogens with two attached hydrogens (primary N) is 1. The Kier molecular flexibility index (Phi) is 5.99. The molecule has 0 fully saturated rings. The van der Waals surface area contributed by atoms with Gasteiger partial charge in [-0.25, -0.2) is 4.68 Å². The minimum absolute atomic E-state index is 0.123. The summed E-state index contributed by atoms with van der Waals surface area (Å²) in [5.74, 6) is -0.123. The number of aryl methyl sites for hydroxylation is 1. The quantitative estimate of drug-likeness (QED) is 0.352. The molecule has 0 saturated carbocycles. The van der Waals surface area contributed by atoms with Gasteiger partial charge in [-0.1, -0.05) is 65.9 Å². The highest BCUT2D eigenvalue weighted by atomic mass is 16.1. The van der Waals surface area contributed by atoms with Gasteiger partial charge in [0.1, 0.15) is 0 Å². The SMILES string of the molecule is Nc1ccc(-c2ccccc2)cc1NC(=O)CCc1cn(Cc2ccc3ccccc3n2)nn1. The van der Waals surface area contributed by atoms with Crippen LogP contribution in [0.25, 0.3) is 22.0 Å². The molecule has 0 radical (unpaired) electrons. The third-order valence-electron chi connectivity index (χ3n) is 5.61. The van der Waals surface area contributed by atoms with E-state index in [2.05, 4.69) is 26.7 Å². The topological polar surface area (TPSA) is 98.7 Å². The van der Waals surface area contributed by atoms with E-state index < -0.39 is 0 Å². The summed E-state index contributed by atoms with van der Waals surface area (Å²) in [5.41, 5.74) is 11.9. The lowest BCUT2D eigenvalue weighted by molar-refractivity contribution is -0.116. The van der Waals surface area contributed by atoms with E-state index in [-0.39, 0.29) is 12.3 Å². The van der Waals surface area contributed by atoms with Crippen LogP contribution in [0.5, 0.6) is 0 Å². The molecular weight excluding hydrogens is 424 g/mol. The van der Waals surface area contributed by atoms with Gasteiger partial charge in [0.15, 0.2) is 0 Å². The maximum Gasteiger partial charge on any atom is 0.224 e. The number of anilines is 2. The fraction of sp³-hybridized carbons (Fsp3) is 0.111. The van der Waals surface area contributed by atoms with Gasteiger partial charge in [-0.2, -0.15) is 0 Å². The van der Waals surface area contributed by atoms with Crippen LogP contribution >= 0.6 is 0 Å². The second-order valence-corrected chi connectivity index (χ2v) is 8.12. The van der Waals surface area contributed by atoms with E-state index in [0.717, 1.165) is 33.4 Å². The lowest BCUT2D eigenvalue weighted by atomic mass is 10.0. The van der Waals surface area contributed by atoms with Crippen LogP contribution in [0.2, 0.25) is 0 Å². The Morgan fingerprint density at radius 2 is 1.71 bits per heavy atom. The second kappa shape index (κ2) is 9.54. The monoisotopic (exact) mass is 448 g/mol. The fourth-order valence-electron chi connectivity index (χ4n) is 3.82. The molecule has 0 atom stereocenters. The third-order valence-corrected chi connectivity index (χ3v) is 5.61. The summed E-state index contributed by atoms with van der Waals surface area (Å²) in [6, 6.07) is 27.7. The van der Waals surface area contributed by atoms with Crippen molar-refractivity contribution in [1.82, 2.24) is 20.0 Å². The molecule has 2 aromatic heterocycles. The summed E-state index contributed by atoms with van der Waals surface area (Å²) in [6.45, 7) is 0.521. The summed E-state index contributed by atoms with van der Waals surface area (Å²) in [5, 5.41) is 12.4. The summed E-state index contributed by atoms with van der Waals surface area (Å²) in [4.78, 5) is 17.2. The second-order valence-electron chi connectivity index (χ2n) is 8.12. The predicted octanol–water partition coefficient (Wildman–Crippen LogP) is 4.70. The number of hydrogen-bond donors (Lipinski definition) is 2. The molecule has 2 heterocycles. The number of hydrogen-bond acceptors (Lipinski definition) is 5. The molecule has 3 N–H and O–H groups in total. The number of benzene rings is 3. The van der Waals surface area contributed by atoms with E-state index in [1.165, 1.54) is 0 Å². The first kappa shape index (κ1) is 21.3. The van der Waals surface area contributed by atoms with Gasteiger partial charge >= 0.3 is 0 Å². The third kappa shape index (κ3) is 4.94. The van der Waals surface area contributed by atoms with Crippen LogP contribution in [0.3, 0.4) is 0 Å². The number of nitrogens with zero attached hydrogens (tertiary/aromatic N) is 4. The summed E-state index contributed by atoms with van der Waals surface area (Å²) >= 11 is 0. The van der Waals surface area contributed by atoms with Gasteiger partial charge in [0, 0.05) is 24.4 Å². The van der Waals surface area contributed by atoms with E-state index in [0.29, 0.717) is 24.3 Å². The van der Waals surface area contributed by atoms with E-state index >= 15 is 0 Å². The Morgan fingerprint density at radius 3 is 2.59 bits per heavy atom. The van der Waals surface area contributed by atoms with Crippen molar-refractivity contribution in [3.63, 3.8) is 0 Å². The number of carbonyl (C=O) groups excluding carboxylic acids is 1. The minimum Gasteiger partial charge on any atom is -0.397 e. The van der Waals surface area contributed by atoms with Crippen LogP contribution in [-0.2, 0) is 17.8 Å². The maximum absolute atomic E-state index is 12.6. The Bertz CT molecular complexity index is 1440. The van der Waals surface area contributed by atoms with Crippen molar-refractivity contribution < 1.29 is 4.79 Å². The van der Waals surface area contributed by atoms with Gasteiger partial charge in [0.05, 0.1) is 34.8 Å². The molecule has 0 aliphatic carbocycles. The molecule has 0 spiro atoms. The highest BCUT2D eigenvalue weighted by molar-refractivity contribution is 5.95. The van der Waals surface area contributed by atoms with Crippen LogP contribution in [-0.4, -0.2) is 25.9 Å². The molecule has 0 unspecified atom stereocenters. The minimum atomic E-state index is -0.123. The smallest absolute Gasteiger partial charge is 0.224 e. The van der Waals surface area contributed by atoms with Gasteiger partial charge in [-0.3, -0.25) is 9.78 Å². The number of amides is 1. The Labute approximate surface area is 197 Å². The van der Waals surface area contributed by atoms with Gasteiger partial charge in [0.2, 0.25) is 5.91 Å². The number of fused-ring (bicyclic) bond motifs is 1. The zero-order chi connectivity index (χ0) is 23.3. The number of rotatable bonds is 7. The molecule has 0 saturated heterocycles. The molecule has 5 aromatic rings. The van der Waals surface area contributed by atoms with Crippen molar-refractivity contribution in [3.8, 4) is 11.1 Å². The highest BCUT2D eigenvalue weighted by Gasteiger charge is 2.10. The predicted molar refractivity (Wildman–Crippen MR) is 134 cm³/mol. The van der Waals surface area contributed by atoms with Gasteiger partial charge in [-0.05, 0) is 35.4 Å². The zero-order valence-corrected chi connectivity index (χ0v) is 18.6. The number of carbonyl (C=O) groups is 1. The number of nitrogen functional groups attached to an aromatic ring is 1. The van der Waals surface area contributed by atoms with Crippen LogP contribution in [0.4, 0.5) is 11.4 Å². The number of pyridine rings is 1. The summed E-state index contributed by atoms with van der Waals surface area (Å²) in [6.07, 6.45) is 2.62. The average Bonchev–Trinajstić information content (AvgIpc) is 3.32. The summed E-state index contributed by atoms with van der Waals surface area (Å²) in [7, 11) is 0. The standard InChI is InChI=1S/C27H24N6O/c28-24-14-11-21(19-6-2-1-3-7-19)16-26(24)30-27(34)15-13-23-18-33(32-31-23)17-22-12-10-20-8-4-5-9-25(20)29-22/h1-12,14,16,18H,13,15,17,28H2,(H,30,34). The fourth-order valence-corrected chi connectivity index (χ4v) is 3.82. The van der Waals surface area contributed by atoms with E-state index in [9.17, 15) is 4.79 Å². The lowest BCUT2D eigenvalue weighted by Gasteiger charge is -2.10. The van der Waals surface area contributed by atoms with Crippen molar-refractivity contribution in [2.24, 2.45) is 0 Å². The molecule has 0 aliphatic rings. The highest BCUT2D eigenvalue weighted by Crippen LogP contribution is 2.27. The maximum atomic E-state index is 12.6. The van der Waals surface area contributed by atoms with Crippen molar-refractivity contribution in [3.05, 3.63) is 103 Å². The lowest BCUT2D eigenvalue weighted by Crippen LogP contribution is -2.13. The zero-order valence-electron chi connectivity index (χ0n) is 18.6. The average molecular weight is 449 g/mol. The molecular formula is C27H24N6O. The molecule has 1 amide bonds. The number of nitrogens with one attached hydrogen (secondary N) is 1.